The zero-order valence-corrected chi connectivity index (χ0v) is 7.43. The third-order valence-corrected chi connectivity index (χ3v) is 1.95. The molecule has 11 heavy (non-hydrogen) atoms. The highest BCUT2D eigenvalue weighted by molar-refractivity contribution is 6.21. The Morgan fingerprint density at radius 2 is 2.36 bits per heavy atom. The van der Waals surface area contributed by atoms with Gasteiger partial charge in [-0.15, -0.1) is 11.6 Å². The molecule has 0 amide bonds. The average molecular weight is 177 g/mol. The van der Waals surface area contributed by atoms with Gasteiger partial charge in [-0.1, -0.05) is 0 Å². The van der Waals surface area contributed by atoms with Gasteiger partial charge in [-0.05, 0) is 26.2 Å². The second kappa shape index (κ2) is 3.96. The third kappa shape index (κ3) is 3.10. The van der Waals surface area contributed by atoms with Crippen molar-refractivity contribution in [3.8, 4) is 0 Å². The minimum absolute atomic E-state index is 0.109. The quantitative estimate of drug-likeness (QED) is 0.486. The molecule has 1 aliphatic rings. The van der Waals surface area contributed by atoms with E-state index in [1.54, 1.807) is 6.92 Å². The molecule has 0 saturated heterocycles. The van der Waals surface area contributed by atoms with E-state index < -0.39 is 0 Å². The van der Waals surface area contributed by atoms with Gasteiger partial charge < -0.3 is 4.74 Å². The number of hydrogen-bond acceptors (Lipinski definition) is 2. The fourth-order valence-electron chi connectivity index (χ4n) is 0.952. The van der Waals surface area contributed by atoms with Gasteiger partial charge in [-0.3, -0.25) is 4.79 Å². The lowest BCUT2D eigenvalue weighted by Gasteiger charge is -2.25. The molecule has 1 fully saturated rings. The van der Waals surface area contributed by atoms with Crippen molar-refractivity contribution in [2.45, 2.75) is 44.1 Å². The molecule has 0 N–H and O–H groups in total. The molecule has 64 valence electrons. The smallest absolute Gasteiger partial charge is 0.307 e. The molecule has 1 rings (SSSR count). The summed E-state index contributed by atoms with van der Waals surface area (Å²) >= 11 is 5.62. The zero-order valence-electron chi connectivity index (χ0n) is 6.68. The molecule has 0 aliphatic heterocycles. The lowest BCUT2D eigenvalue weighted by Crippen LogP contribution is -2.25. The van der Waals surface area contributed by atoms with Gasteiger partial charge in [0.1, 0.15) is 6.10 Å². The van der Waals surface area contributed by atoms with Crippen LogP contribution in [-0.4, -0.2) is 17.5 Å². The molecule has 3 heteroatoms. The Morgan fingerprint density at radius 1 is 1.73 bits per heavy atom. The van der Waals surface area contributed by atoms with Gasteiger partial charge in [0.2, 0.25) is 0 Å². The Bertz CT molecular complexity index is 141. The van der Waals surface area contributed by atoms with Crippen LogP contribution >= 0.6 is 11.6 Å². The van der Waals surface area contributed by atoms with E-state index in [1.165, 1.54) is 6.42 Å². The molecule has 1 saturated carbocycles. The topological polar surface area (TPSA) is 26.3 Å². The summed E-state index contributed by atoms with van der Waals surface area (Å²) in [4.78, 5) is 11.0. The maximum absolute atomic E-state index is 11.0. The second-order valence-corrected chi connectivity index (χ2v) is 3.77. The minimum atomic E-state index is -0.155. The summed E-state index contributed by atoms with van der Waals surface area (Å²) in [6.45, 7) is 1.80. The van der Waals surface area contributed by atoms with Crippen LogP contribution in [0.15, 0.2) is 0 Å². The molecule has 0 spiro atoms. The van der Waals surface area contributed by atoms with Gasteiger partial charge in [-0.25, -0.2) is 0 Å². The second-order valence-electron chi connectivity index (χ2n) is 3.03. The minimum Gasteiger partial charge on any atom is -0.462 e. The van der Waals surface area contributed by atoms with E-state index in [4.69, 9.17) is 16.3 Å². The predicted octanol–water partition coefficient (Wildman–Crippen LogP) is 2.10. The third-order valence-electron chi connectivity index (χ3n) is 1.80. The molecule has 0 aromatic heterocycles. The highest BCUT2D eigenvalue weighted by atomic mass is 35.5. The van der Waals surface area contributed by atoms with E-state index in [0.29, 0.717) is 6.42 Å². The van der Waals surface area contributed by atoms with Gasteiger partial charge >= 0.3 is 5.97 Å². The fourth-order valence-corrected chi connectivity index (χ4v) is 1.08. The zero-order chi connectivity index (χ0) is 8.27. The van der Waals surface area contributed by atoms with Crippen LogP contribution in [-0.2, 0) is 9.53 Å². The van der Waals surface area contributed by atoms with E-state index in [-0.39, 0.29) is 17.5 Å². The van der Waals surface area contributed by atoms with Crippen molar-refractivity contribution >= 4 is 17.6 Å². The first-order valence-corrected chi connectivity index (χ1v) is 4.45. The summed E-state index contributed by atoms with van der Waals surface area (Å²) in [7, 11) is 0. The molecule has 1 aliphatic carbocycles. The predicted molar refractivity (Wildman–Crippen MR) is 43.7 cm³/mol. The standard InChI is InChI=1S/C8H13ClO2/c1-6(9)5-8(10)11-7-3-2-4-7/h6-7H,2-5H2,1H3/t6-/m0/s1. The van der Waals surface area contributed by atoms with Crippen molar-refractivity contribution < 1.29 is 9.53 Å². The van der Waals surface area contributed by atoms with E-state index in [9.17, 15) is 4.79 Å². The Morgan fingerprint density at radius 3 is 2.73 bits per heavy atom. The molecule has 0 unspecified atom stereocenters. The molecule has 1 atom stereocenters. The number of esters is 1. The van der Waals surface area contributed by atoms with E-state index in [1.807, 2.05) is 0 Å². The van der Waals surface area contributed by atoms with Crippen LogP contribution in [0.4, 0.5) is 0 Å². The van der Waals surface area contributed by atoms with Gasteiger partial charge in [-0.2, -0.15) is 0 Å². The first-order chi connectivity index (χ1) is 5.18. The van der Waals surface area contributed by atoms with Gasteiger partial charge in [0.15, 0.2) is 0 Å². The van der Waals surface area contributed by atoms with Crippen molar-refractivity contribution in [2.24, 2.45) is 0 Å². The molecule has 2 nitrogen and oxygen atoms in total. The fraction of sp³-hybridized carbons (Fsp3) is 0.875. The average Bonchev–Trinajstić information content (AvgIpc) is 1.77. The number of hydrogen-bond donors (Lipinski definition) is 0. The number of carbonyl (C=O) groups is 1. The van der Waals surface area contributed by atoms with Gasteiger partial charge in [0.25, 0.3) is 0 Å². The monoisotopic (exact) mass is 176 g/mol. The van der Waals surface area contributed by atoms with Crippen molar-refractivity contribution in [1.29, 1.82) is 0 Å². The Balaban J connectivity index is 2.09. The summed E-state index contributed by atoms with van der Waals surface area (Å²) in [5.74, 6) is -0.155. The summed E-state index contributed by atoms with van der Waals surface area (Å²) < 4.78 is 5.07. The maximum atomic E-state index is 11.0. The molecule has 0 heterocycles. The van der Waals surface area contributed by atoms with Crippen LogP contribution < -0.4 is 0 Å². The maximum Gasteiger partial charge on any atom is 0.307 e. The molecule has 0 aromatic carbocycles. The number of carbonyl (C=O) groups excluding carboxylic acids is 1. The van der Waals surface area contributed by atoms with E-state index >= 15 is 0 Å². The summed E-state index contributed by atoms with van der Waals surface area (Å²) in [5, 5.41) is -0.109. The largest absolute Gasteiger partial charge is 0.462 e. The van der Waals surface area contributed by atoms with Crippen LogP contribution in [0.25, 0.3) is 0 Å². The highest BCUT2D eigenvalue weighted by Gasteiger charge is 2.21. The van der Waals surface area contributed by atoms with E-state index in [0.717, 1.165) is 12.8 Å². The van der Waals surface area contributed by atoms with Gasteiger partial charge in [0.05, 0.1) is 6.42 Å². The normalized spacial score (nSPS) is 20.5. The SMILES string of the molecule is C[C@H](Cl)CC(=O)OC1CCC1. The number of rotatable bonds is 3. The molecule has 0 radical (unpaired) electrons. The molecule has 0 aromatic rings. The first kappa shape index (κ1) is 8.85. The lowest BCUT2D eigenvalue weighted by molar-refractivity contribution is -0.152. The number of ether oxygens (including phenoxy) is 1. The Hall–Kier alpha value is -0.240. The van der Waals surface area contributed by atoms with Crippen molar-refractivity contribution in [3.05, 3.63) is 0 Å². The summed E-state index contributed by atoms with van der Waals surface area (Å²) in [6.07, 6.45) is 3.77. The lowest BCUT2D eigenvalue weighted by atomic mass is 9.96. The van der Waals surface area contributed by atoms with Crippen LogP contribution in [0.3, 0.4) is 0 Å². The number of halogens is 1. The van der Waals surface area contributed by atoms with Crippen molar-refractivity contribution in [1.82, 2.24) is 0 Å². The molecular weight excluding hydrogens is 164 g/mol. The highest BCUT2D eigenvalue weighted by Crippen LogP contribution is 2.22. The van der Waals surface area contributed by atoms with Crippen LogP contribution in [0, 0.1) is 0 Å². The van der Waals surface area contributed by atoms with Crippen molar-refractivity contribution in [3.63, 3.8) is 0 Å². The summed E-state index contributed by atoms with van der Waals surface area (Å²) in [5.41, 5.74) is 0. The van der Waals surface area contributed by atoms with E-state index in [2.05, 4.69) is 0 Å². The van der Waals surface area contributed by atoms with Crippen LogP contribution in [0.1, 0.15) is 32.6 Å². The van der Waals surface area contributed by atoms with Gasteiger partial charge in [0, 0.05) is 5.38 Å². The Kier molecular flexibility index (Phi) is 3.18. The Labute approximate surface area is 71.9 Å². The van der Waals surface area contributed by atoms with Crippen molar-refractivity contribution in [2.75, 3.05) is 0 Å². The number of alkyl halides is 1. The van der Waals surface area contributed by atoms with Crippen LogP contribution in [0.2, 0.25) is 0 Å². The van der Waals surface area contributed by atoms with Crippen LogP contribution in [0.5, 0.6) is 0 Å². The first-order valence-electron chi connectivity index (χ1n) is 4.02. The molecular formula is C8H13ClO2. The summed E-state index contributed by atoms with van der Waals surface area (Å²) in [6, 6.07) is 0. The molecule has 0 bridgehead atoms.